The van der Waals surface area contributed by atoms with Crippen molar-refractivity contribution >= 4 is 32.7 Å². The van der Waals surface area contributed by atoms with Crippen molar-refractivity contribution in [2.24, 2.45) is 0 Å². The molecule has 0 spiro atoms. The van der Waals surface area contributed by atoms with Gasteiger partial charge in [0.25, 0.3) is 0 Å². The summed E-state index contributed by atoms with van der Waals surface area (Å²) in [5.74, 6) is -0.253. The van der Waals surface area contributed by atoms with E-state index in [1.807, 2.05) is 12.1 Å². The third kappa shape index (κ3) is 3.65. The van der Waals surface area contributed by atoms with Gasteiger partial charge in [-0.15, -0.1) is 0 Å². The average molecular weight is 376 g/mol. The highest BCUT2D eigenvalue weighted by atomic mass is 79.9. The monoisotopic (exact) mass is 375 g/mol. The highest BCUT2D eigenvalue weighted by molar-refractivity contribution is 9.10. The quantitative estimate of drug-likeness (QED) is 0.722. The molecule has 3 aromatic rings. The summed E-state index contributed by atoms with van der Waals surface area (Å²) in [4.78, 5) is 8.71. The van der Waals surface area contributed by atoms with E-state index < -0.39 is 0 Å². The summed E-state index contributed by atoms with van der Waals surface area (Å²) in [5.41, 5.74) is 4.02. The fraction of sp³-hybridized carbons (Fsp3) is 0.176. The van der Waals surface area contributed by atoms with Crippen molar-refractivity contribution in [3.05, 3.63) is 64.1 Å². The number of ether oxygens (including phenoxy) is 1. The van der Waals surface area contributed by atoms with Gasteiger partial charge in [-0.25, -0.2) is 4.39 Å². The summed E-state index contributed by atoms with van der Waals surface area (Å²) in [6.07, 6.45) is 3.48. The van der Waals surface area contributed by atoms with Crippen molar-refractivity contribution in [2.75, 3.05) is 12.4 Å². The second kappa shape index (κ2) is 7.02. The molecule has 0 saturated carbocycles. The smallest absolute Gasteiger partial charge is 0.128 e. The standard InChI is InChI=1S/C17H15BrFN3O/c1-23-10-12-6-11(2-3-14(12)19)8-21-15-4-5-20-16-7-13(18)9-22-17(15)16/h2-7,9H,8,10H2,1H3,(H,20,21). The maximum absolute atomic E-state index is 13.6. The van der Waals surface area contributed by atoms with E-state index in [1.165, 1.54) is 6.07 Å². The first-order chi connectivity index (χ1) is 11.2. The number of anilines is 1. The predicted octanol–water partition coefficient (Wildman–Crippen LogP) is 4.29. The van der Waals surface area contributed by atoms with Crippen LogP contribution in [0.15, 0.2) is 47.2 Å². The minimum absolute atomic E-state index is 0.253. The molecular formula is C17H15BrFN3O. The minimum Gasteiger partial charge on any atom is -0.380 e. The summed E-state index contributed by atoms with van der Waals surface area (Å²) >= 11 is 3.39. The molecule has 0 atom stereocenters. The molecule has 0 fully saturated rings. The van der Waals surface area contributed by atoms with Crippen LogP contribution in [0.3, 0.4) is 0 Å². The normalized spacial score (nSPS) is 10.9. The van der Waals surface area contributed by atoms with Gasteiger partial charge in [0.15, 0.2) is 0 Å². The van der Waals surface area contributed by atoms with Crippen LogP contribution in [0.25, 0.3) is 11.0 Å². The number of nitrogens with one attached hydrogen (secondary N) is 1. The van der Waals surface area contributed by atoms with Gasteiger partial charge in [-0.05, 0) is 45.8 Å². The second-order valence-electron chi connectivity index (χ2n) is 5.09. The Balaban J connectivity index is 1.82. The van der Waals surface area contributed by atoms with Gasteiger partial charge < -0.3 is 10.1 Å². The number of nitrogens with zero attached hydrogens (tertiary/aromatic N) is 2. The molecule has 1 N–H and O–H groups in total. The molecule has 0 aliphatic heterocycles. The van der Waals surface area contributed by atoms with Crippen LogP contribution < -0.4 is 5.32 Å². The zero-order valence-electron chi connectivity index (χ0n) is 12.5. The van der Waals surface area contributed by atoms with Crippen LogP contribution in [0, 0.1) is 5.82 Å². The van der Waals surface area contributed by atoms with E-state index >= 15 is 0 Å². The molecule has 0 radical (unpaired) electrons. The fourth-order valence-electron chi connectivity index (χ4n) is 2.35. The number of rotatable bonds is 5. The van der Waals surface area contributed by atoms with Crippen LogP contribution >= 0.6 is 15.9 Å². The Hall–Kier alpha value is -2.05. The van der Waals surface area contributed by atoms with Gasteiger partial charge in [-0.1, -0.05) is 6.07 Å². The molecule has 0 unspecified atom stereocenters. The van der Waals surface area contributed by atoms with Crippen LogP contribution in [-0.2, 0) is 17.9 Å². The van der Waals surface area contributed by atoms with Gasteiger partial charge in [0, 0.05) is 36.1 Å². The van der Waals surface area contributed by atoms with Gasteiger partial charge in [0.1, 0.15) is 11.3 Å². The minimum atomic E-state index is -0.253. The van der Waals surface area contributed by atoms with Crippen molar-refractivity contribution in [3.8, 4) is 0 Å². The van der Waals surface area contributed by atoms with Gasteiger partial charge in [0.2, 0.25) is 0 Å². The Bertz CT molecular complexity index is 841. The van der Waals surface area contributed by atoms with Gasteiger partial charge in [0.05, 0.1) is 17.8 Å². The topological polar surface area (TPSA) is 47.0 Å². The lowest BCUT2D eigenvalue weighted by Gasteiger charge is -2.10. The molecule has 0 aliphatic carbocycles. The average Bonchev–Trinajstić information content (AvgIpc) is 2.55. The Morgan fingerprint density at radius 2 is 2.09 bits per heavy atom. The van der Waals surface area contributed by atoms with E-state index in [9.17, 15) is 4.39 Å². The third-order valence-electron chi connectivity index (χ3n) is 3.44. The molecule has 6 heteroatoms. The van der Waals surface area contributed by atoms with Crippen LogP contribution in [0.4, 0.5) is 10.1 Å². The molecule has 2 heterocycles. The van der Waals surface area contributed by atoms with E-state index in [2.05, 4.69) is 31.2 Å². The van der Waals surface area contributed by atoms with Crippen molar-refractivity contribution in [1.29, 1.82) is 0 Å². The van der Waals surface area contributed by atoms with Gasteiger partial charge in [-0.3, -0.25) is 9.97 Å². The summed E-state index contributed by atoms with van der Waals surface area (Å²) in [5, 5.41) is 3.33. The number of hydrogen-bond donors (Lipinski definition) is 1. The van der Waals surface area contributed by atoms with Crippen LogP contribution in [-0.4, -0.2) is 17.1 Å². The van der Waals surface area contributed by atoms with Gasteiger partial charge >= 0.3 is 0 Å². The SMILES string of the molecule is COCc1cc(CNc2ccnc3cc(Br)cnc23)ccc1F. The van der Waals surface area contributed by atoms with E-state index in [-0.39, 0.29) is 12.4 Å². The molecule has 118 valence electrons. The fourth-order valence-corrected chi connectivity index (χ4v) is 2.67. The predicted molar refractivity (Wildman–Crippen MR) is 91.7 cm³/mol. The molecule has 0 amide bonds. The lowest BCUT2D eigenvalue weighted by atomic mass is 10.1. The number of hydrogen-bond acceptors (Lipinski definition) is 4. The number of benzene rings is 1. The molecule has 1 aromatic carbocycles. The number of fused-ring (bicyclic) bond motifs is 1. The Morgan fingerprint density at radius 1 is 1.22 bits per heavy atom. The first kappa shape index (κ1) is 15.8. The number of aromatic nitrogens is 2. The number of pyridine rings is 2. The Labute approximate surface area is 141 Å². The molecule has 4 nitrogen and oxygen atoms in total. The van der Waals surface area contributed by atoms with Crippen molar-refractivity contribution in [3.63, 3.8) is 0 Å². The van der Waals surface area contributed by atoms with E-state index in [0.717, 1.165) is 26.8 Å². The zero-order chi connectivity index (χ0) is 16.2. The third-order valence-corrected chi connectivity index (χ3v) is 3.87. The maximum Gasteiger partial charge on any atom is 0.128 e. The second-order valence-corrected chi connectivity index (χ2v) is 6.01. The Kier molecular flexibility index (Phi) is 4.83. The lowest BCUT2D eigenvalue weighted by molar-refractivity contribution is 0.181. The van der Waals surface area contributed by atoms with Crippen molar-refractivity contribution < 1.29 is 9.13 Å². The first-order valence-electron chi connectivity index (χ1n) is 7.08. The Morgan fingerprint density at radius 3 is 2.91 bits per heavy atom. The van der Waals surface area contributed by atoms with Crippen molar-refractivity contribution in [2.45, 2.75) is 13.2 Å². The number of methoxy groups -OCH3 is 1. The van der Waals surface area contributed by atoms with E-state index in [1.54, 1.807) is 31.6 Å². The molecule has 23 heavy (non-hydrogen) atoms. The molecule has 0 bridgehead atoms. The number of halogens is 2. The molecule has 0 aliphatic rings. The maximum atomic E-state index is 13.6. The van der Waals surface area contributed by atoms with Crippen LogP contribution in [0.5, 0.6) is 0 Å². The van der Waals surface area contributed by atoms with Crippen molar-refractivity contribution in [1.82, 2.24) is 9.97 Å². The van der Waals surface area contributed by atoms with Crippen LogP contribution in [0.2, 0.25) is 0 Å². The molecule has 0 saturated heterocycles. The lowest BCUT2D eigenvalue weighted by Crippen LogP contribution is -2.03. The molecular weight excluding hydrogens is 361 g/mol. The summed E-state index contributed by atoms with van der Waals surface area (Å²) in [6.45, 7) is 0.821. The molecule has 2 aromatic heterocycles. The molecule has 3 rings (SSSR count). The highest BCUT2D eigenvalue weighted by Crippen LogP contribution is 2.23. The van der Waals surface area contributed by atoms with Crippen LogP contribution in [0.1, 0.15) is 11.1 Å². The summed E-state index contributed by atoms with van der Waals surface area (Å²) < 4.78 is 19.5. The van der Waals surface area contributed by atoms with E-state index in [0.29, 0.717) is 12.1 Å². The largest absolute Gasteiger partial charge is 0.380 e. The summed E-state index contributed by atoms with van der Waals surface area (Å²) in [7, 11) is 1.55. The van der Waals surface area contributed by atoms with E-state index in [4.69, 9.17) is 4.74 Å². The van der Waals surface area contributed by atoms with Gasteiger partial charge in [-0.2, -0.15) is 0 Å². The first-order valence-corrected chi connectivity index (χ1v) is 7.87. The highest BCUT2D eigenvalue weighted by Gasteiger charge is 2.06. The summed E-state index contributed by atoms with van der Waals surface area (Å²) in [6, 6.07) is 8.82. The zero-order valence-corrected chi connectivity index (χ0v) is 14.1.